The molecule has 0 fully saturated rings. The molecule has 0 radical (unpaired) electrons. The molecule has 6 aromatic carbocycles. The molecule has 3 aliphatic carbocycles. The van der Waals surface area contributed by atoms with Crippen molar-refractivity contribution in [1.29, 1.82) is 0 Å². The quantitative estimate of drug-likeness (QED) is 0.183. The number of fused-ring (bicyclic) bond motifs is 10. The zero-order chi connectivity index (χ0) is 34.6. The van der Waals surface area contributed by atoms with Crippen LogP contribution in [0.1, 0.15) is 68.9 Å². The molecule has 2 atom stereocenters. The van der Waals surface area contributed by atoms with Crippen molar-refractivity contribution in [1.82, 2.24) is 0 Å². The molecule has 0 saturated heterocycles. The molecule has 10 rings (SSSR count). The van der Waals surface area contributed by atoms with Gasteiger partial charge in [-0.25, -0.2) is 0 Å². The van der Waals surface area contributed by atoms with Gasteiger partial charge in [-0.3, -0.25) is 0 Å². The molecule has 248 valence electrons. The molecule has 6 aromatic rings. The summed E-state index contributed by atoms with van der Waals surface area (Å²) in [7, 11) is 0. The normalized spacial score (nSPS) is 20.2. The van der Waals surface area contributed by atoms with Crippen molar-refractivity contribution < 1.29 is 0 Å². The Morgan fingerprint density at radius 3 is 1.98 bits per heavy atom. The number of allylic oxidation sites excluding steroid dienone is 3. The average molecular weight is 658 g/mol. The van der Waals surface area contributed by atoms with Gasteiger partial charge in [0.05, 0.1) is 6.04 Å². The van der Waals surface area contributed by atoms with Crippen LogP contribution in [-0.2, 0) is 10.8 Å². The topological polar surface area (TPSA) is 3.24 Å². The number of hydrogen-bond acceptors (Lipinski definition) is 1. The van der Waals surface area contributed by atoms with Crippen molar-refractivity contribution in [2.24, 2.45) is 5.92 Å². The minimum atomic E-state index is -0.146. The highest BCUT2D eigenvalue weighted by molar-refractivity contribution is 6.10. The predicted octanol–water partition coefficient (Wildman–Crippen LogP) is 12.9. The van der Waals surface area contributed by atoms with E-state index in [2.05, 4.69) is 185 Å². The Morgan fingerprint density at radius 2 is 1.18 bits per heavy atom. The second-order valence-corrected chi connectivity index (χ2v) is 16.1. The molecule has 1 heterocycles. The molecule has 1 heteroatoms. The van der Waals surface area contributed by atoms with Crippen LogP contribution in [0.15, 0.2) is 151 Å². The summed E-state index contributed by atoms with van der Waals surface area (Å²) in [5.41, 5.74) is 19.1. The fourth-order valence-electron chi connectivity index (χ4n) is 10.3. The van der Waals surface area contributed by atoms with Crippen LogP contribution >= 0.6 is 0 Å². The highest BCUT2D eigenvalue weighted by Crippen LogP contribution is 2.60. The Kier molecular flexibility index (Phi) is 6.44. The van der Waals surface area contributed by atoms with E-state index in [9.17, 15) is 0 Å². The van der Waals surface area contributed by atoms with Crippen molar-refractivity contribution in [2.75, 3.05) is 4.90 Å². The van der Waals surface area contributed by atoms with E-state index in [1.165, 1.54) is 88.9 Å². The molecule has 4 aliphatic rings. The molecule has 0 aromatic heterocycles. The van der Waals surface area contributed by atoms with Gasteiger partial charge in [-0.05, 0) is 109 Å². The summed E-state index contributed by atoms with van der Waals surface area (Å²) in [5.74, 6) is 0.476. The Bertz CT molecular complexity index is 2500. The number of rotatable bonds is 3. The van der Waals surface area contributed by atoms with Crippen molar-refractivity contribution >= 4 is 22.2 Å². The molecular formula is C50H43N. The van der Waals surface area contributed by atoms with E-state index in [-0.39, 0.29) is 10.8 Å². The molecule has 0 bridgehead atoms. The zero-order valence-electron chi connectivity index (χ0n) is 30.2. The van der Waals surface area contributed by atoms with Gasteiger partial charge in [0.15, 0.2) is 0 Å². The Labute approximate surface area is 302 Å². The van der Waals surface area contributed by atoms with Crippen LogP contribution in [0.4, 0.5) is 5.69 Å². The minimum Gasteiger partial charge on any atom is -0.333 e. The second kappa shape index (κ2) is 10.8. The van der Waals surface area contributed by atoms with Crippen molar-refractivity contribution in [3.05, 3.63) is 179 Å². The van der Waals surface area contributed by atoms with Crippen molar-refractivity contribution in [3.8, 4) is 33.4 Å². The van der Waals surface area contributed by atoms with E-state index in [0.717, 1.165) is 6.42 Å². The Balaban J connectivity index is 1.12. The SMILES string of the molecule is CC1=C(c2ccc(-c3cc4c(c5ccccc35)-c3ccc5c(c3C4(C)C)C(C)(C)c3ccccc3-5)cc2)N(c2ccccc2)C2C=CC=CC2C1. The highest BCUT2D eigenvalue weighted by atomic mass is 15.2. The first-order valence-corrected chi connectivity index (χ1v) is 18.6. The first-order valence-electron chi connectivity index (χ1n) is 18.6. The number of para-hydroxylation sites is 1. The predicted molar refractivity (Wildman–Crippen MR) is 216 cm³/mol. The van der Waals surface area contributed by atoms with Crippen LogP contribution < -0.4 is 4.90 Å². The standard InChI is InChI=1S/C50H43N/c1-31-29-34-15-9-14-22-44(34)51(35-16-7-6-8-17-35)48(31)33-25-23-32(24-26-33)41-30-43-45(38-20-11-10-18-36(38)41)40-28-27-39-37-19-12-13-21-42(37)49(2,3)46(39)47(40)50(43,4)5/h6-28,30,34,44H,29H2,1-5H3. The lowest BCUT2D eigenvalue weighted by Crippen LogP contribution is -2.42. The lowest BCUT2D eigenvalue weighted by Gasteiger charge is -2.44. The third kappa shape index (κ3) is 4.21. The van der Waals surface area contributed by atoms with E-state index < -0.39 is 0 Å². The van der Waals surface area contributed by atoms with E-state index in [1.54, 1.807) is 0 Å². The van der Waals surface area contributed by atoms with Gasteiger partial charge in [-0.1, -0.05) is 155 Å². The summed E-state index contributed by atoms with van der Waals surface area (Å²) < 4.78 is 0. The third-order valence-corrected chi connectivity index (χ3v) is 12.5. The first-order chi connectivity index (χ1) is 24.7. The van der Waals surface area contributed by atoms with Crippen LogP contribution in [0.2, 0.25) is 0 Å². The summed E-state index contributed by atoms with van der Waals surface area (Å²) in [4.78, 5) is 2.57. The minimum absolute atomic E-state index is 0.0612. The molecule has 1 nitrogen and oxygen atoms in total. The van der Waals surface area contributed by atoms with E-state index in [1.807, 2.05) is 0 Å². The number of hydrogen-bond donors (Lipinski definition) is 0. The second-order valence-electron chi connectivity index (χ2n) is 16.1. The highest BCUT2D eigenvalue weighted by Gasteiger charge is 2.46. The largest absolute Gasteiger partial charge is 0.333 e. The van der Waals surface area contributed by atoms with Gasteiger partial charge in [0.25, 0.3) is 0 Å². The maximum atomic E-state index is 2.57. The van der Waals surface area contributed by atoms with Crippen LogP contribution in [0.25, 0.3) is 49.9 Å². The summed E-state index contributed by atoms with van der Waals surface area (Å²) >= 11 is 0. The van der Waals surface area contributed by atoms with Gasteiger partial charge in [-0.2, -0.15) is 0 Å². The average Bonchev–Trinajstić information content (AvgIpc) is 3.53. The van der Waals surface area contributed by atoms with Crippen LogP contribution in [0.3, 0.4) is 0 Å². The van der Waals surface area contributed by atoms with Gasteiger partial charge < -0.3 is 4.90 Å². The molecule has 0 N–H and O–H groups in total. The Morgan fingerprint density at radius 1 is 0.549 bits per heavy atom. The molecule has 0 amide bonds. The molecule has 51 heavy (non-hydrogen) atoms. The van der Waals surface area contributed by atoms with Crippen LogP contribution in [-0.4, -0.2) is 6.04 Å². The van der Waals surface area contributed by atoms with Gasteiger partial charge >= 0.3 is 0 Å². The van der Waals surface area contributed by atoms with E-state index in [0.29, 0.717) is 12.0 Å². The smallest absolute Gasteiger partial charge is 0.0591 e. The molecule has 1 aliphatic heterocycles. The van der Waals surface area contributed by atoms with Crippen LogP contribution in [0, 0.1) is 5.92 Å². The fourth-order valence-corrected chi connectivity index (χ4v) is 10.3. The van der Waals surface area contributed by atoms with Crippen LogP contribution in [0.5, 0.6) is 0 Å². The Hall–Kier alpha value is -5.40. The molecular weight excluding hydrogens is 615 g/mol. The monoisotopic (exact) mass is 657 g/mol. The number of nitrogens with zero attached hydrogens (tertiary/aromatic N) is 1. The number of anilines is 1. The van der Waals surface area contributed by atoms with Gasteiger partial charge in [0, 0.05) is 28.1 Å². The summed E-state index contributed by atoms with van der Waals surface area (Å²) in [6, 6.07) is 46.2. The lowest BCUT2D eigenvalue weighted by atomic mass is 9.72. The zero-order valence-corrected chi connectivity index (χ0v) is 30.2. The van der Waals surface area contributed by atoms with E-state index >= 15 is 0 Å². The number of benzene rings is 6. The van der Waals surface area contributed by atoms with E-state index in [4.69, 9.17) is 0 Å². The molecule has 0 spiro atoms. The fraction of sp³-hybridized carbons (Fsp3) is 0.200. The summed E-state index contributed by atoms with van der Waals surface area (Å²) in [5, 5.41) is 2.66. The third-order valence-electron chi connectivity index (χ3n) is 12.5. The van der Waals surface area contributed by atoms with Gasteiger partial charge in [0.2, 0.25) is 0 Å². The first kappa shape index (κ1) is 30.4. The summed E-state index contributed by atoms with van der Waals surface area (Å²) in [6.45, 7) is 12.1. The van der Waals surface area contributed by atoms with Gasteiger partial charge in [0.1, 0.15) is 0 Å². The molecule has 2 unspecified atom stereocenters. The maximum absolute atomic E-state index is 2.57. The molecule has 0 saturated carbocycles. The van der Waals surface area contributed by atoms with Gasteiger partial charge in [-0.15, -0.1) is 0 Å². The lowest BCUT2D eigenvalue weighted by molar-refractivity contribution is 0.535. The summed E-state index contributed by atoms with van der Waals surface area (Å²) in [6.07, 6.45) is 10.3. The maximum Gasteiger partial charge on any atom is 0.0591 e. The van der Waals surface area contributed by atoms with Crippen molar-refractivity contribution in [2.45, 2.75) is 57.9 Å². The van der Waals surface area contributed by atoms with Crippen molar-refractivity contribution in [3.63, 3.8) is 0 Å².